The van der Waals surface area contributed by atoms with Crippen LogP contribution in [0.15, 0.2) is 36.7 Å². The molecular weight excluding hydrogens is 212 g/mol. The van der Waals surface area contributed by atoms with Gasteiger partial charge in [-0.15, -0.1) is 0 Å². The van der Waals surface area contributed by atoms with E-state index in [1.807, 2.05) is 18.2 Å². The van der Waals surface area contributed by atoms with E-state index in [-0.39, 0.29) is 0 Å². The number of aromatic nitrogens is 2. The molecule has 0 radical (unpaired) electrons. The maximum Gasteiger partial charge on any atom is 0.151 e. The number of nitrogens with two attached hydrogens (primary N) is 1. The lowest BCUT2D eigenvalue weighted by atomic mass is 10.1. The summed E-state index contributed by atoms with van der Waals surface area (Å²) in [5.41, 5.74) is 7.94. The zero-order chi connectivity index (χ0) is 12.1. The lowest BCUT2D eigenvalue weighted by Gasteiger charge is -2.10. The zero-order valence-corrected chi connectivity index (χ0v) is 9.85. The Kier molecular flexibility index (Phi) is 3.55. The third kappa shape index (κ3) is 2.93. The molecule has 0 spiro atoms. The third-order valence-electron chi connectivity index (χ3n) is 2.45. The Morgan fingerprint density at radius 3 is 2.82 bits per heavy atom. The van der Waals surface area contributed by atoms with Gasteiger partial charge in [0, 0.05) is 5.69 Å². The standard InChI is InChI=1S/C13H16N4/c1-2-5-10-6-3-4-7-11(10)16-13-9-15-8-12(14)17-13/h3-4,6-9H,2,5H2,1H3,(H3,14,16,17). The van der Waals surface area contributed by atoms with Crippen molar-refractivity contribution < 1.29 is 0 Å². The fourth-order valence-electron chi connectivity index (χ4n) is 1.71. The lowest BCUT2D eigenvalue weighted by Crippen LogP contribution is -2.00. The number of para-hydroxylation sites is 1. The molecule has 4 nitrogen and oxygen atoms in total. The summed E-state index contributed by atoms with van der Waals surface area (Å²) in [6.45, 7) is 2.16. The van der Waals surface area contributed by atoms with Gasteiger partial charge in [0.2, 0.25) is 0 Å². The smallest absolute Gasteiger partial charge is 0.151 e. The van der Waals surface area contributed by atoms with Crippen molar-refractivity contribution in [1.29, 1.82) is 0 Å². The molecule has 0 aliphatic heterocycles. The van der Waals surface area contributed by atoms with Crippen LogP contribution in [0.2, 0.25) is 0 Å². The zero-order valence-electron chi connectivity index (χ0n) is 9.85. The van der Waals surface area contributed by atoms with Crippen LogP contribution >= 0.6 is 0 Å². The van der Waals surface area contributed by atoms with Crippen LogP contribution < -0.4 is 11.1 Å². The molecule has 2 aromatic rings. The van der Waals surface area contributed by atoms with Crippen molar-refractivity contribution >= 4 is 17.3 Å². The highest BCUT2D eigenvalue weighted by molar-refractivity contribution is 5.60. The lowest BCUT2D eigenvalue weighted by molar-refractivity contribution is 0.923. The topological polar surface area (TPSA) is 63.8 Å². The number of nitrogens with one attached hydrogen (secondary N) is 1. The minimum atomic E-state index is 0.419. The van der Waals surface area contributed by atoms with Gasteiger partial charge in [0.15, 0.2) is 5.82 Å². The Hall–Kier alpha value is -2.10. The Balaban J connectivity index is 2.23. The van der Waals surface area contributed by atoms with Gasteiger partial charge in [-0.1, -0.05) is 31.5 Å². The molecule has 0 fully saturated rings. The third-order valence-corrected chi connectivity index (χ3v) is 2.45. The number of aryl methyl sites for hydroxylation is 1. The molecule has 0 aliphatic rings. The predicted octanol–water partition coefficient (Wildman–Crippen LogP) is 2.75. The summed E-state index contributed by atoms with van der Waals surface area (Å²) in [7, 11) is 0. The minimum absolute atomic E-state index is 0.419. The predicted molar refractivity (Wildman–Crippen MR) is 70.2 cm³/mol. The fraction of sp³-hybridized carbons (Fsp3) is 0.231. The highest BCUT2D eigenvalue weighted by Crippen LogP contribution is 2.20. The van der Waals surface area contributed by atoms with E-state index in [1.54, 1.807) is 6.20 Å². The average Bonchev–Trinajstić information content (AvgIpc) is 2.32. The van der Waals surface area contributed by atoms with Gasteiger partial charge < -0.3 is 11.1 Å². The van der Waals surface area contributed by atoms with Crippen LogP contribution in [-0.4, -0.2) is 9.97 Å². The molecule has 0 bridgehead atoms. The van der Waals surface area contributed by atoms with Crippen molar-refractivity contribution in [2.45, 2.75) is 19.8 Å². The van der Waals surface area contributed by atoms with Gasteiger partial charge in [-0.3, -0.25) is 4.98 Å². The second kappa shape index (κ2) is 5.30. The second-order valence-electron chi connectivity index (χ2n) is 3.86. The first-order chi connectivity index (χ1) is 8.29. The molecule has 0 unspecified atom stereocenters. The summed E-state index contributed by atoms with van der Waals surface area (Å²) < 4.78 is 0. The molecule has 1 aromatic carbocycles. The van der Waals surface area contributed by atoms with Gasteiger partial charge in [0.05, 0.1) is 12.4 Å². The maximum absolute atomic E-state index is 5.60. The highest BCUT2D eigenvalue weighted by atomic mass is 15.0. The minimum Gasteiger partial charge on any atom is -0.382 e. The van der Waals surface area contributed by atoms with Gasteiger partial charge in [-0.2, -0.15) is 0 Å². The van der Waals surface area contributed by atoms with Gasteiger partial charge >= 0.3 is 0 Å². The van der Waals surface area contributed by atoms with Crippen LogP contribution in [0.5, 0.6) is 0 Å². The van der Waals surface area contributed by atoms with E-state index in [4.69, 9.17) is 5.73 Å². The van der Waals surface area contributed by atoms with E-state index in [9.17, 15) is 0 Å². The first kappa shape index (κ1) is 11.4. The fourth-order valence-corrected chi connectivity index (χ4v) is 1.71. The van der Waals surface area contributed by atoms with Crippen LogP contribution in [0.25, 0.3) is 0 Å². The van der Waals surface area contributed by atoms with E-state index in [0.717, 1.165) is 18.5 Å². The monoisotopic (exact) mass is 228 g/mol. The quantitative estimate of drug-likeness (QED) is 0.844. The first-order valence-corrected chi connectivity index (χ1v) is 5.72. The Morgan fingerprint density at radius 1 is 1.24 bits per heavy atom. The number of nitrogen functional groups attached to an aromatic ring is 1. The summed E-state index contributed by atoms with van der Waals surface area (Å²) >= 11 is 0. The highest BCUT2D eigenvalue weighted by Gasteiger charge is 2.02. The molecule has 0 amide bonds. The van der Waals surface area contributed by atoms with E-state index >= 15 is 0 Å². The van der Waals surface area contributed by atoms with Crippen molar-refractivity contribution in [1.82, 2.24) is 9.97 Å². The number of nitrogens with zero attached hydrogens (tertiary/aromatic N) is 2. The summed E-state index contributed by atoms with van der Waals surface area (Å²) in [5, 5.41) is 3.24. The molecule has 1 aromatic heterocycles. The molecular formula is C13H16N4. The molecule has 0 saturated heterocycles. The van der Waals surface area contributed by atoms with Crippen molar-refractivity contribution in [2.24, 2.45) is 0 Å². The van der Waals surface area contributed by atoms with Crippen LogP contribution in [0.4, 0.5) is 17.3 Å². The Morgan fingerprint density at radius 2 is 2.06 bits per heavy atom. The van der Waals surface area contributed by atoms with Crippen molar-refractivity contribution in [3.8, 4) is 0 Å². The summed E-state index contributed by atoms with van der Waals surface area (Å²) in [6.07, 6.45) is 5.35. The van der Waals surface area contributed by atoms with Crippen LogP contribution in [0, 0.1) is 0 Å². The SMILES string of the molecule is CCCc1ccccc1Nc1cncc(N)n1. The Bertz CT molecular complexity index is 496. The van der Waals surface area contributed by atoms with E-state index in [1.165, 1.54) is 11.8 Å². The normalized spacial score (nSPS) is 10.2. The van der Waals surface area contributed by atoms with Crippen molar-refractivity contribution in [2.75, 3.05) is 11.1 Å². The Labute approximate surface area is 101 Å². The van der Waals surface area contributed by atoms with Gasteiger partial charge in [0.1, 0.15) is 5.82 Å². The molecule has 3 N–H and O–H groups in total. The van der Waals surface area contributed by atoms with E-state index in [2.05, 4.69) is 28.3 Å². The summed E-state index contributed by atoms with van der Waals surface area (Å²) in [4.78, 5) is 8.18. The summed E-state index contributed by atoms with van der Waals surface area (Å²) in [6, 6.07) is 8.20. The van der Waals surface area contributed by atoms with Crippen LogP contribution in [-0.2, 0) is 6.42 Å². The number of rotatable bonds is 4. The second-order valence-corrected chi connectivity index (χ2v) is 3.86. The molecule has 0 atom stereocenters. The molecule has 88 valence electrons. The number of hydrogen-bond donors (Lipinski definition) is 2. The maximum atomic E-state index is 5.60. The van der Waals surface area contributed by atoms with Crippen molar-refractivity contribution in [3.63, 3.8) is 0 Å². The van der Waals surface area contributed by atoms with Gasteiger partial charge in [-0.25, -0.2) is 4.98 Å². The largest absolute Gasteiger partial charge is 0.382 e. The average molecular weight is 228 g/mol. The number of anilines is 3. The molecule has 4 heteroatoms. The molecule has 1 heterocycles. The number of hydrogen-bond acceptors (Lipinski definition) is 4. The van der Waals surface area contributed by atoms with Gasteiger partial charge in [0.25, 0.3) is 0 Å². The van der Waals surface area contributed by atoms with Crippen molar-refractivity contribution in [3.05, 3.63) is 42.2 Å². The number of benzene rings is 1. The molecule has 2 rings (SSSR count). The van der Waals surface area contributed by atoms with E-state index in [0.29, 0.717) is 11.6 Å². The molecule has 17 heavy (non-hydrogen) atoms. The van der Waals surface area contributed by atoms with Gasteiger partial charge in [-0.05, 0) is 18.1 Å². The summed E-state index contributed by atoms with van der Waals surface area (Å²) in [5.74, 6) is 1.09. The first-order valence-electron chi connectivity index (χ1n) is 5.72. The van der Waals surface area contributed by atoms with Crippen LogP contribution in [0.3, 0.4) is 0 Å². The van der Waals surface area contributed by atoms with Crippen LogP contribution in [0.1, 0.15) is 18.9 Å². The molecule has 0 saturated carbocycles. The molecule has 0 aliphatic carbocycles. The van der Waals surface area contributed by atoms with E-state index < -0.39 is 0 Å².